The molecule has 0 heterocycles. The third kappa shape index (κ3) is 5.67. The van der Waals surface area contributed by atoms with Crippen molar-refractivity contribution in [3.8, 4) is 11.5 Å². The first-order valence-corrected chi connectivity index (χ1v) is 10.3. The molecule has 0 amide bonds. The third-order valence-electron chi connectivity index (χ3n) is 3.72. The standard InChI is InChI=1S/C19H23N3O4S2/c1-5-20-19(27)22-21-12-15-8-9-16(17(11-15)25-4)26-28(23,24)18-10-13(2)6-7-14(18)3/h6-12H,5H2,1-4H3,(H2,20,22,27)/b21-12-. The van der Waals surface area contributed by atoms with E-state index in [0.717, 1.165) is 5.56 Å². The van der Waals surface area contributed by atoms with Gasteiger partial charge < -0.3 is 14.2 Å². The Bertz CT molecular complexity index is 989. The molecular formula is C19H23N3O4S2. The molecule has 0 radical (unpaired) electrons. The van der Waals surface area contributed by atoms with Gasteiger partial charge in [0.2, 0.25) is 0 Å². The molecule has 150 valence electrons. The van der Waals surface area contributed by atoms with Gasteiger partial charge in [-0.25, -0.2) is 0 Å². The molecular weight excluding hydrogens is 398 g/mol. The predicted molar refractivity (Wildman–Crippen MR) is 114 cm³/mol. The van der Waals surface area contributed by atoms with E-state index in [0.29, 0.717) is 22.8 Å². The fourth-order valence-electron chi connectivity index (χ4n) is 2.34. The first-order valence-electron chi connectivity index (χ1n) is 8.53. The summed E-state index contributed by atoms with van der Waals surface area (Å²) in [5, 5.41) is 7.33. The quantitative estimate of drug-likeness (QED) is 0.307. The molecule has 0 unspecified atom stereocenters. The zero-order valence-corrected chi connectivity index (χ0v) is 17.8. The summed E-state index contributed by atoms with van der Waals surface area (Å²) in [7, 11) is -2.56. The van der Waals surface area contributed by atoms with Crippen LogP contribution in [0.1, 0.15) is 23.6 Å². The average Bonchev–Trinajstić information content (AvgIpc) is 2.64. The second kappa shape index (κ2) is 9.52. The van der Waals surface area contributed by atoms with Crippen LogP contribution < -0.4 is 19.7 Å². The van der Waals surface area contributed by atoms with Crippen LogP contribution in [0.3, 0.4) is 0 Å². The van der Waals surface area contributed by atoms with Gasteiger partial charge in [-0.15, -0.1) is 0 Å². The Morgan fingerprint density at radius 2 is 1.93 bits per heavy atom. The first-order chi connectivity index (χ1) is 13.3. The van der Waals surface area contributed by atoms with Crippen LogP contribution in [-0.2, 0) is 10.1 Å². The van der Waals surface area contributed by atoms with Gasteiger partial charge in [-0.05, 0) is 73.9 Å². The maximum absolute atomic E-state index is 12.7. The van der Waals surface area contributed by atoms with Crippen LogP contribution in [0.15, 0.2) is 46.4 Å². The van der Waals surface area contributed by atoms with Gasteiger partial charge in [0.25, 0.3) is 0 Å². The number of rotatable bonds is 7. The summed E-state index contributed by atoms with van der Waals surface area (Å²) in [5.74, 6) is 0.365. The highest BCUT2D eigenvalue weighted by atomic mass is 32.2. The zero-order valence-electron chi connectivity index (χ0n) is 16.1. The number of hydrogen-bond donors (Lipinski definition) is 2. The van der Waals surface area contributed by atoms with E-state index in [9.17, 15) is 8.42 Å². The molecule has 0 fully saturated rings. The van der Waals surface area contributed by atoms with Crippen molar-refractivity contribution in [2.45, 2.75) is 25.7 Å². The van der Waals surface area contributed by atoms with Crippen LogP contribution in [0.2, 0.25) is 0 Å². The fraction of sp³-hybridized carbons (Fsp3) is 0.263. The van der Waals surface area contributed by atoms with Gasteiger partial charge in [0.15, 0.2) is 16.6 Å². The van der Waals surface area contributed by atoms with E-state index < -0.39 is 10.1 Å². The van der Waals surface area contributed by atoms with E-state index in [1.165, 1.54) is 19.4 Å². The number of nitrogens with zero attached hydrogens (tertiary/aromatic N) is 1. The summed E-state index contributed by atoms with van der Waals surface area (Å²) in [6, 6.07) is 9.97. The fourth-order valence-corrected chi connectivity index (χ4v) is 3.79. The largest absolute Gasteiger partial charge is 0.493 e. The normalized spacial score (nSPS) is 11.3. The van der Waals surface area contributed by atoms with Crippen LogP contribution >= 0.6 is 12.2 Å². The number of nitrogens with one attached hydrogen (secondary N) is 2. The molecule has 0 atom stereocenters. The van der Waals surface area contributed by atoms with Crippen molar-refractivity contribution in [3.63, 3.8) is 0 Å². The van der Waals surface area contributed by atoms with Crippen molar-refractivity contribution in [2.75, 3.05) is 13.7 Å². The van der Waals surface area contributed by atoms with Gasteiger partial charge in [-0.3, -0.25) is 5.43 Å². The number of hydrogen-bond acceptors (Lipinski definition) is 6. The molecule has 2 aromatic carbocycles. The summed E-state index contributed by atoms with van der Waals surface area (Å²) in [4.78, 5) is 0.126. The van der Waals surface area contributed by atoms with Gasteiger partial charge in [0.1, 0.15) is 4.90 Å². The second-order valence-corrected chi connectivity index (χ2v) is 7.87. The maximum Gasteiger partial charge on any atom is 0.339 e. The van der Waals surface area contributed by atoms with Crippen LogP contribution in [-0.4, -0.2) is 33.4 Å². The molecule has 2 rings (SSSR count). The van der Waals surface area contributed by atoms with E-state index in [1.54, 1.807) is 31.2 Å². The van der Waals surface area contributed by atoms with Gasteiger partial charge in [0, 0.05) is 6.54 Å². The smallest absolute Gasteiger partial charge is 0.339 e. The van der Waals surface area contributed by atoms with Gasteiger partial charge in [-0.1, -0.05) is 12.1 Å². The third-order valence-corrected chi connectivity index (χ3v) is 5.33. The molecule has 0 spiro atoms. The molecule has 7 nitrogen and oxygen atoms in total. The lowest BCUT2D eigenvalue weighted by molar-refractivity contribution is 0.390. The molecule has 0 aliphatic rings. The molecule has 28 heavy (non-hydrogen) atoms. The number of ether oxygens (including phenoxy) is 1. The lowest BCUT2D eigenvalue weighted by Gasteiger charge is -2.13. The highest BCUT2D eigenvalue weighted by Gasteiger charge is 2.21. The Labute approximate surface area is 170 Å². The first kappa shape index (κ1) is 21.6. The number of thiocarbonyl (C=S) groups is 1. The molecule has 0 saturated heterocycles. The maximum atomic E-state index is 12.7. The highest BCUT2D eigenvalue weighted by molar-refractivity contribution is 7.87. The zero-order chi connectivity index (χ0) is 20.7. The molecule has 0 bridgehead atoms. The number of benzene rings is 2. The van der Waals surface area contributed by atoms with Crippen LogP contribution in [0.5, 0.6) is 11.5 Å². The van der Waals surface area contributed by atoms with Crippen molar-refractivity contribution in [3.05, 3.63) is 53.1 Å². The Morgan fingerprint density at radius 1 is 1.18 bits per heavy atom. The van der Waals surface area contributed by atoms with Crippen LogP contribution in [0, 0.1) is 13.8 Å². The van der Waals surface area contributed by atoms with Crippen molar-refractivity contribution in [1.82, 2.24) is 10.7 Å². The molecule has 0 saturated carbocycles. The Kier molecular flexibility index (Phi) is 7.36. The summed E-state index contributed by atoms with van der Waals surface area (Å²) in [6.45, 7) is 6.16. The lowest BCUT2D eigenvalue weighted by Crippen LogP contribution is -2.31. The van der Waals surface area contributed by atoms with E-state index in [-0.39, 0.29) is 16.4 Å². The monoisotopic (exact) mass is 421 g/mol. The van der Waals surface area contributed by atoms with Crippen molar-refractivity contribution >= 4 is 33.7 Å². The van der Waals surface area contributed by atoms with Gasteiger partial charge >= 0.3 is 10.1 Å². The van der Waals surface area contributed by atoms with Crippen molar-refractivity contribution in [2.24, 2.45) is 5.10 Å². The van der Waals surface area contributed by atoms with Crippen LogP contribution in [0.25, 0.3) is 0 Å². The minimum Gasteiger partial charge on any atom is -0.493 e. The Morgan fingerprint density at radius 3 is 2.61 bits per heavy atom. The molecule has 0 aliphatic heterocycles. The number of methoxy groups -OCH3 is 1. The van der Waals surface area contributed by atoms with E-state index >= 15 is 0 Å². The van der Waals surface area contributed by atoms with E-state index in [1.807, 2.05) is 19.9 Å². The molecule has 0 aliphatic carbocycles. The SMILES string of the molecule is CCNC(=S)N/N=C\c1ccc(OS(=O)(=O)c2cc(C)ccc2C)c(OC)c1. The van der Waals surface area contributed by atoms with Crippen LogP contribution in [0.4, 0.5) is 0 Å². The minimum absolute atomic E-state index is 0.0942. The molecule has 0 aromatic heterocycles. The molecule has 9 heteroatoms. The summed E-state index contributed by atoms with van der Waals surface area (Å²) in [6.07, 6.45) is 1.54. The predicted octanol–water partition coefficient (Wildman–Crippen LogP) is 2.90. The average molecular weight is 422 g/mol. The van der Waals surface area contributed by atoms with Crippen molar-refractivity contribution in [1.29, 1.82) is 0 Å². The topological polar surface area (TPSA) is 89.0 Å². The number of hydrazone groups is 1. The van der Waals surface area contributed by atoms with Gasteiger partial charge in [0.05, 0.1) is 13.3 Å². The second-order valence-electron chi connectivity index (χ2n) is 5.95. The molecule has 2 aromatic rings. The van der Waals surface area contributed by atoms with Crippen molar-refractivity contribution < 1.29 is 17.3 Å². The Hall–Kier alpha value is -2.65. The summed E-state index contributed by atoms with van der Waals surface area (Å²) >= 11 is 5.02. The van der Waals surface area contributed by atoms with Gasteiger partial charge in [-0.2, -0.15) is 13.5 Å². The van der Waals surface area contributed by atoms with E-state index in [4.69, 9.17) is 21.1 Å². The lowest BCUT2D eigenvalue weighted by atomic mass is 10.2. The number of aryl methyl sites for hydroxylation is 2. The summed E-state index contributed by atoms with van der Waals surface area (Å²) < 4.78 is 36.0. The minimum atomic E-state index is -4.00. The highest BCUT2D eigenvalue weighted by Crippen LogP contribution is 2.31. The molecule has 2 N–H and O–H groups in total. The van der Waals surface area contributed by atoms with E-state index in [2.05, 4.69) is 15.8 Å². The summed E-state index contributed by atoms with van der Waals surface area (Å²) in [5.41, 5.74) is 4.79. The Balaban J connectivity index is 2.23.